The van der Waals surface area contributed by atoms with Crippen LogP contribution in [0.25, 0.3) is 10.1 Å². The molecule has 3 heterocycles. The molecule has 2 aromatic rings. The fourth-order valence-electron chi connectivity index (χ4n) is 3.45. The average molecular weight is 330 g/mol. The third-order valence-corrected chi connectivity index (χ3v) is 5.89. The SMILES string of the molecule is O=C(c1cc2ccccc2s1)N1CCN(C[C@H]2CCCO2)CC1. The summed E-state index contributed by atoms with van der Waals surface area (Å²) < 4.78 is 6.90. The summed E-state index contributed by atoms with van der Waals surface area (Å²) in [6.07, 6.45) is 2.77. The second-order valence-electron chi connectivity index (χ2n) is 6.38. The molecule has 0 spiro atoms. The zero-order valence-corrected chi connectivity index (χ0v) is 14.1. The second-order valence-corrected chi connectivity index (χ2v) is 7.46. The molecule has 4 nitrogen and oxygen atoms in total. The molecule has 1 atom stereocenters. The van der Waals surface area contributed by atoms with Gasteiger partial charge in [-0.2, -0.15) is 0 Å². The summed E-state index contributed by atoms with van der Waals surface area (Å²) >= 11 is 1.60. The molecular formula is C18H22N2O2S. The molecule has 23 heavy (non-hydrogen) atoms. The van der Waals surface area contributed by atoms with Gasteiger partial charge in [-0.25, -0.2) is 0 Å². The molecule has 1 aromatic carbocycles. The number of amides is 1. The van der Waals surface area contributed by atoms with E-state index in [4.69, 9.17) is 4.74 Å². The highest BCUT2D eigenvalue weighted by atomic mass is 32.1. The van der Waals surface area contributed by atoms with Gasteiger partial charge in [0.2, 0.25) is 0 Å². The van der Waals surface area contributed by atoms with Crippen LogP contribution >= 0.6 is 11.3 Å². The molecule has 1 amide bonds. The lowest BCUT2D eigenvalue weighted by Gasteiger charge is -2.35. The maximum Gasteiger partial charge on any atom is 0.264 e. The van der Waals surface area contributed by atoms with Gasteiger partial charge in [0, 0.05) is 44.0 Å². The van der Waals surface area contributed by atoms with Crippen molar-refractivity contribution >= 4 is 27.3 Å². The summed E-state index contributed by atoms with van der Waals surface area (Å²) in [7, 11) is 0. The van der Waals surface area contributed by atoms with E-state index in [1.54, 1.807) is 11.3 Å². The first-order chi connectivity index (χ1) is 11.3. The maximum atomic E-state index is 12.7. The lowest BCUT2D eigenvalue weighted by atomic mass is 10.2. The average Bonchev–Trinajstić information content (AvgIpc) is 3.24. The van der Waals surface area contributed by atoms with E-state index >= 15 is 0 Å². The molecule has 5 heteroatoms. The fraction of sp³-hybridized carbons (Fsp3) is 0.500. The minimum atomic E-state index is 0.183. The molecular weight excluding hydrogens is 308 g/mol. The van der Waals surface area contributed by atoms with E-state index < -0.39 is 0 Å². The van der Waals surface area contributed by atoms with Crippen molar-refractivity contribution in [2.75, 3.05) is 39.3 Å². The van der Waals surface area contributed by atoms with E-state index in [9.17, 15) is 4.79 Å². The van der Waals surface area contributed by atoms with Crippen LogP contribution in [0.2, 0.25) is 0 Å². The zero-order chi connectivity index (χ0) is 15.6. The van der Waals surface area contributed by atoms with E-state index in [0.717, 1.165) is 49.6 Å². The number of ether oxygens (including phenoxy) is 1. The second kappa shape index (κ2) is 6.59. The Morgan fingerprint density at radius 2 is 2.04 bits per heavy atom. The van der Waals surface area contributed by atoms with Gasteiger partial charge in [0.15, 0.2) is 0 Å². The van der Waals surface area contributed by atoms with E-state index in [0.29, 0.717) is 6.10 Å². The molecule has 0 aliphatic carbocycles. The van der Waals surface area contributed by atoms with Crippen LogP contribution in [0.4, 0.5) is 0 Å². The Morgan fingerprint density at radius 1 is 1.22 bits per heavy atom. The molecule has 2 saturated heterocycles. The van der Waals surface area contributed by atoms with Crippen LogP contribution in [0, 0.1) is 0 Å². The van der Waals surface area contributed by atoms with Crippen LogP contribution in [0.1, 0.15) is 22.5 Å². The molecule has 122 valence electrons. The normalized spacial score (nSPS) is 22.8. The molecule has 0 bridgehead atoms. The molecule has 1 aromatic heterocycles. The first kappa shape index (κ1) is 15.1. The Bertz CT molecular complexity index is 652. The predicted molar refractivity (Wildman–Crippen MR) is 93.1 cm³/mol. The van der Waals surface area contributed by atoms with Crippen LogP contribution in [0.15, 0.2) is 30.3 Å². The first-order valence-electron chi connectivity index (χ1n) is 8.41. The van der Waals surface area contributed by atoms with Gasteiger partial charge in [-0.1, -0.05) is 18.2 Å². The number of fused-ring (bicyclic) bond motifs is 1. The third-order valence-electron chi connectivity index (χ3n) is 4.78. The maximum absolute atomic E-state index is 12.7. The standard InChI is InChI=1S/C18H22N2O2S/c21-18(17-12-14-4-1-2-6-16(14)23-17)20-9-7-19(8-10-20)13-15-5-3-11-22-15/h1-2,4,6,12,15H,3,5,7-11,13H2/t15-/m1/s1. The van der Waals surface area contributed by atoms with Gasteiger partial charge in [0.05, 0.1) is 11.0 Å². The van der Waals surface area contributed by atoms with E-state index in [2.05, 4.69) is 17.0 Å². The molecule has 0 saturated carbocycles. The summed E-state index contributed by atoms with van der Waals surface area (Å²) in [6.45, 7) is 5.48. The Kier molecular flexibility index (Phi) is 4.33. The number of thiophene rings is 1. The summed E-state index contributed by atoms with van der Waals surface area (Å²) in [5.74, 6) is 0.183. The number of piperazine rings is 1. The summed E-state index contributed by atoms with van der Waals surface area (Å²) in [5.41, 5.74) is 0. The van der Waals surface area contributed by atoms with Gasteiger partial charge < -0.3 is 9.64 Å². The molecule has 4 rings (SSSR count). The Morgan fingerprint density at radius 3 is 2.78 bits per heavy atom. The smallest absolute Gasteiger partial charge is 0.264 e. The Balaban J connectivity index is 1.36. The van der Waals surface area contributed by atoms with E-state index in [-0.39, 0.29) is 5.91 Å². The number of benzene rings is 1. The molecule has 2 aliphatic rings. The van der Waals surface area contributed by atoms with Gasteiger partial charge in [0.25, 0.3) is 5.91 Å². The number of hydrogen-bond donors (Lipinski definition) is 0. The van der Waals surface area contributed by atoms with Gasteiger partial charge in [-0.05, 0) is 30.4 Å². The first-order valence-corrected chi connectivity index (χ1v) is 9.23. The topological polar surface area (TPSA) is 32.8 Å². The fourth-order valence-corrected chi connectivity index (χ4v) is 4.48. The number of carbonyl (C=O) groups excluding carboxylic acids is 1. The highest BCUT2D eigenvalue weighted by Gasteiger charge is 2.26. The van der Waals surface area contributed by atoms with Crippen molar-refractivity contribution in [2.45, 2.75) is 18.9 Å². The van der Waals surface area contributed by atoms with Gasteiger partial charge in [-0.3, -0.25) is 9.69 Å². The number of hydrogen-bond acceptors (Lipinski definition) is 4. The van der Waals surface area contributed by atoms with Gasteiger partial charge >= 0.3 is 0 Å². The van der Waals surface area contributed by atoms with Crippen molar-refractivity contribution in [3.63, 3.8) is 0 Å². The monoisotopic (exact) mass is 330 g/mol. The molecule has 0 unspecified atom stereocenters. The predicted octanol–water partition coefficient (Wildman–Crippen LogP) is 2.84. The van der Waals surface area contributed by atoms with Gasteiger partial charge in [-0.15, -0.1) is 11.3 Å². The molecule has 2 fully saturated rings. The summed E-state index contributed by atoms with van der Waals surface area (Å²) in [6, 6.07) is 10.2. The Hall–Kier alpha value is -1.43. The molecule has 2 aliphatic heterocycles. The van der Waals surface area contributed by atoms with Gasteiger partial charge in [0.1, 0.15) is 0 Å². The van der Waals surface area contributed by atoms with Crippen molar-refractivity contribution in [3.8, 4) is 0 Å². The van der Waals surface area contributed by atoms with E-state index in [1.165, 1.54) is 17.5 Å². The zero-order valence-electron chi connectivity index (χ0n) is 13.2. The quantitative estimate of drug-likeness (QED) is 0.867. The summed E-state index contributed by atoms with van der Waals surface area (Å²) in [5, 5.41) is 1.16. The van der Waals surface area contributed by atoms with Crippen molar-refractivity contribution < 1.29 is 9.53 Å². The lowest BCUT2D eigenvalue weighted by molar-refractivity contribution is 0.0435. The highest BCUT2D eigenvalue weighted by Crippen LogP contribution is 2.26. The van der Waals surface area contributed by atoms with Crippen LogP contribution in [-0.4, -0.2) is 61.1 Å². The largest absolute Gasteiger partial charge is 0.377 e. The molecule has 0 radical (unpaired) electrons. The number of rotatable bonds is 3. The van der Waals surface area contributed by atoms with Crippen molar-refractivity contribution in [2.24, 2.45) is 0 Å². The van der Waals surface area contributed by atoms with Crippen molar-refractivity contribution in [1.82, 2.24) is 9.80 Å². The highest BCUT2D eigenvalue weighted by molar-refractivity contribution is 7.20. The van der Waals surface area contributed by atoms with Crippen molar-refractivity contribution in [1.29, 1.82) is 0 Å². The van der Waals surface area contributed by atoms with Crippen molar-refractivity contribution in [3.05, 3.63) is 35.2 Å². The Labute approximate surface area is 140 Å². The van der Waals surface area contributed by atoms with Crippen LogP contribution < -0.4 is 0 Å². The summed E-state index contributed by atoms with van der Waals surface area (Å²) in [4.78, 5) is 18.0. The third kappa shape index (κ3) is 3.27. The number of carbonyl (C=O) groups is 1. The molecule has 0 N–H and O–H groups in total. The van der Waals surface area contributed by atoms with E-state index in [1.807, 2.05) is 23.1 Å². The van der Waals surface area contributed by atoms with Crippen LogP contribution in [-0.2, 0) is 4.74 Å². The minimum Gasteiger partial charge on any atom is -0.377 e. The number of nitrogens with zero attached hydrogens (tertiary/aromatic N) is 2. The minimum absolute atomic E-state index is 0.183. The lowest BCUT2D eigenvalue weighted by Crippen LogP contribution is -2.50. The van der Waals surface area contributed by atoms with Crippen LogP contribution in [0.3, 0.4) is 0 Å². The van der Waals surface area contributed by atoms with Crippen LogP contribution in [0.5, 0.6) is 0 Å².